The highest BCUT2D eigenvalue weighted by Gasteiger charge is 2.39. The zero-order chi connectivity index (χ0) is 25.1. The topological polar surface area (TPSA) is 65.5 Å². The van der Waals surface area contributed by atoms with Gasteiger partial charge in [0.2, 0.25) is 11.8 Å². The molecule has 6 heteroatoms. The van der Waals surface area contributed by atoms with Gasteiger partial charge in [0.1, 0.15) is 6.04 Å². The van der Waals surface area contributed by atoms with Gasteiger partial charge >= 0.3 is 0 Å². The van der Waals surface area contributed by atoms with Crippen molar-refractivity contribution in [2.75, 3.05) is 18.0 Å². The first-order valence-corrected chi connectivity index (χ1v) is 14.0. The van der Waals surface area contributed by atoms with Crippen LogP contribution in [0.1, 0.15) is 82.4 Å². The Morgan fingerprint density at radius 1 is 1.06 bits per heavy atom. The van der Waals surface area contributed by atoms with Gasteiger partial charge < -0.3 is 15.1 Å². The van der Waals surface area contributed by atoms with E-state index in [1.807, 2.05) is 31.1 Å². The summed E-state index contributed by atoms with van der Waals surface area (Å²) < 4.78 is 0. The van der Waals surface area contributed by atoms with Crippen molar-refractivity contribution >= 4 is 23.2 Å². The molecule has 1 N–H and O–H groups in total. The number of aromatic nitrogens is 1. The number of fused-ring (bicyclic) bond motifs is 1. The lowest BCUT2D eigenvalue weighted by Crippen LogP contribution is -2.53. The zero-order valence-electron chi connectivity index (χ0n) is 21.8. The van der Waals surface area contributed by atoms with Gasteiger partial charge in [-0.25, -0.2) is 0 Å². The van der Waals surface area contributed by atoms with Crippen LogP contribution in [-0.4, -0.2) is 40.8 Å². The summed E-state index contributed by atoms with van der Waals surface area (Å²) in [7, 11) is 0. The summed E-state index contributed by atoms with van der Waals surface area (Å²) in [6, 6.07) is 10.4. The predicted molar refractivity (Wildman–Crippen MR) is 143 cm³/mol. The minimum absolute atomic E-state index is 0.00790. The summed E-state index contributed by atoms with van der Waals surface area (Å²) in [6.45, 7) is 5.66. The Morgan fingerprint density at radius 3 is 2.67 bits per heavy atom. The van der Waals surface area contributed by atoms with Gasteiger partial charge in [-0.2, -0.15) is 0 Å². The van der Waals surface area contributed by atoms with Crippen LogP contribution in [0, 0.1) is 11.8 Å². The van der Waals surface area contributed by atoms with E-state index in [9.17, 15) is 9.59 Å². The molecule has 0 spiro atoms. The standard InChI is InChI=1S/C30H40N4O2/c1-3-21(2)29(35)32-28(23-11-5-4-6-12-23)30(36)34-16-9-14-27(34)24-18-25(20-31-19-24)33-17-15-22-10-7-8-13-26(22)33/h7-8,10,13,18-21,23,27-28H,3-6,9,11-12,14-17H2,1-2H3,(H,32,35). The fourth-order valence-electron chi connectivity index (χ4n) is 6.27. The molecule has 36 heavy (non-hydrogen) atoms. The van der Waals surface area contributed by atoms with Crippen LogP contribution in [0.15, 0.2) is 42.7 Å². The van der Waals surface area contributed by atoms with Crippen molar-refractivity contribution in [2.45, 2.75) is 83.7 Å². The van der Waals surface area contributed by atoms with E-state index in [1.165, 1.54) is 17.7 Å². The van der Waals surface area contributed by atoms with Crippen LogP contribution < -0.4 is 10.2 Å². The number of carbonyl (C=O) groups is 2. The average Bonchev–Trinajstić information content (AvgIpc) is 3.59. The van der Waals surface area contributed by atoms with E-state index in [1.54, 1.807) is 0 Å². The maximum absolute atomic E-state index is 14.1. The number of rotatable bonds is 7. The summed E-state index contributed by atoms with van der Waals surface area (Å²) in [6.07, 6.45) is 13.1. The summed E-state index contributed by atoms with van der Waals surface area (Å²) >= 11 is 0. The van der Waals surface area contributed by atoms with Crippen molar-refractivity contribution in [1.82, 2.24) is 15.2 Å². The van der Waals surface area contributed by atoms with Gasteiger partial charge in [-0.1, -0.05) is 51.3 Å². The average molecular weight is 489 g/mol. The maximum Gasteiger partial charge on any atom is 0.245 e. The third kappa shape index (κ3) is 5.00. The summed E-state index contributed by atoms with van der Waals surface area (Å²) in [5, 5.41) is 3.20. The number of carbonyl (C=O) groups excluding carboxylic acids is 2. The van der Waals surface area contributed by atoms with E-state index in [0.717, 1.165) is 75.7 Å². The highest BCUT2D eigenvalue weighted by atomic mass is 16.2. The molecular weight excluding hydrogens is 448 g/mol. The third-order valence-corrected chi connectivity index (χ3v) is 8.61. The Labute approximate surface area is 215 Å². The first kappa shape index (κ1) is 24.8. The molecule has 2 aliphatic heterocycles. The number of nitrogens with one attached hydrogen (secondary N) is 1. The summed E-state index contributed by atoms with van der Waals surface area (Å²) in [4.78, 5) is 35.9. The lowest BCUT2D eigenvalue weighted by molar-refractivity contribution is -0.140. The first-order chi connectivity index (χ1) is 17.6. The van der Waals surface area contributed by atoms with Gasteiger partial charge in [-0.05, 0) is 67.7 Å². The fraction of sp³-hybridized carbons (Fsp3) is 0.567. The van der Waals surface area contributed by atoms with E-state index < -0.39 is 6.04 Å². The van der Waals surface area contributed by atoms with Crippen molar-refractivity contribution in [3.05, 3.63) is 53.9 Å². The molecule has 1 saturated carbocycles. The van der Waals surface area contributed by atoms with Crippen molar-refractivity contribution in [2.24, 2.45) is 11.8 Å². The van der Waals surface area contributed by atoms with Gasteiger partial charge in [0.15, 0.2) is 0 Å². The Bertz CT molecular complexity index is 1080. The molecule has 1 aromatic carbocycles. The molecule has 2 fully saturated rings. The summed E-state index contributed by atoms with van der Waals surface area (Å²) in [5.74, 6) is 0.250. The molecule has 1 saturated heterocycles. The van der Waals surface area contributed by atoms with Gasteiger partial charge in [0, 0.05) is 30.9 Å². The van der Waals surface area contributed by atoms with Crippen LogP contribution in [0.4, 0.5) is 11.4 Å². The molecule has 3 unspecified atom stereocenters. The molecule has 5 rings (SSSR count). The van der Waals surface area contributed by atoms with Gasteiger partial charge in [0.05, 0.1) is 17.9 Å². The Hall–Kier alpha value is -2.89. The Morgan fingerprint density at radius 2 is 1.86 bits per heavy atom. The first-order valence-electron chi connectivity index (χ1n) is 14.0. The fourth-order valence-corrected chi connectivity index (χ4v) is 6.27. The number of para-hydroxylation sites is 1. The predicted octanol–water partition coefficient (Wildman–Crippen LogP) is 5.55. The smallest absolute Gasteiger partial charge is 0.245 e. The number of hydrogen-bond donors (Lipinski definition) is 1. The lowest BCUT2D eigenvalue weighted by Gasteiger charge is -2.35. The molecule has 1 aromatic heterocycles. The Kier molecular flexibility index (Phi) is 7.59. The van der Waals surface area contributed by atoms with Gasteiger partial charge in [-0.3, -0.25) is 14.6 Å². The number of pyridine rings is 1. The zero-order valence-corrected chi connectivity index (χ0v) is 21.8. The monoisotopic (exact) mass is 488 g/mol. The molecule has 3 heterocycles. The van der Waals surface area contributed by atoms with E-state index in [2.05, 4.69) is 45.5 Å². The molecule has 3 aliphatic rings. The molecule has 192 valence electrons. The number of hydrogen-bond acceptors (Lipinski definition) is 4. The van der Waals surface area contributed by atoms with Crippen LogP contribution in [0.2, 0.25) is 0 Å². The molecule has 6 nitrogen and oxygen atoms in total. The Balaban J connectivity index is 1.38. The van der Waals surface area contributed by atoms with Crippen LogP contribution in [0.25, 0.3) is 0 Å². The number of nitrogens with zero attached hydrogens (tertiary/aromatic N) is 3. The molecule has 0 radical (unpaired) electrons. The van der Waals surface area contributed by atoms with Crippen molar-refractivity contribution in [3.63, 3.8) is 0 Å². The van der Waals surface area contributed by atoms with Gasteiger partial charge in [-0.15, -0.1) is 0 Å². The number of amides is 2. The molecular formula is C30H40N4O2. The second-order valence-corrected chi connectivity index (χ2v) is 10.9. The molecule has 2 aromatic rings. The van der Waals surface area contributed by atoms with Gasteiger partial charge in [0.25, 0.3) is 0 Å². The van der Waals surface area contributed by atoms with Crippen molar-refractivity contribution in [3.8, 4) is 0 Å². The highest BCUT2D eigenvalue weighted by molar-refractivity contribution is 5.89. The molecule has 3 atom stereocenters. The SMILES string of the molecule is CCC(C)C(=O)NC(C(=O)N1CCCC1c1cncc(N2CCc3ccccc32)c1)C1CCCCC1. The minimum atomic E-state index is -0.422. The van der Waals surface area contributed by atoms with Crippen molar-refractivity contribution in [1.29, 1.82) is 0 Å². The number of likely N-dealkylation sites (tertiary alicyclic amines) is 1. The highest BCUT2D eigenvalue weighted by Crippen LogP contribution is 2.38. The molecule has 1 aliphatic carbocycles. The molecule has 2 amide bonds. The normalized spacial score (nSPS) is 21.8. The van der Waals surface area contributed by atoms with E-state index in [-0.39, 0.29) is 29.7 Å². The lowest BCUT2D eigenvalue weighted by atomic mass is 9.83. The van der Waals surface area contributed by atoms with Crippen molar-refractivity contribution < 1.29 is 9.59 Å². The second-order valence-electron chi connectivity index (χ2n) is 10.9. The van der Waals surface area contributed by atoms with Crippen LogP contribution in [0.3, 0.4) is 0 Å². The second kappa shape index (κ2) is 11.0. The molecule has 0 bridgehead atoms. The van der Waals surface area contributed by atoms with E-state index >= 15 is 0 Å². The maximum atomic E-state index is 14.1. The summed E-state index contributed by atoms with van der Waals surface area (Å²) in [5.41, 5.74) is 4.80. The van der Waals surface area contributed by atoms with Crippen LogP contribution in [-0.2, 0) is 16.0 Å². The van der Waals surface area contributed by atoms with E-state index in [0.29, 0.717) is 0 Å². The quantitative estimate of drug-likeness (QED) is 0.555. The third-order valence-electron chi connectivity index (χ3n) is 8.61. The minimum Gasteiger partial charge on any atom is -0.344 e. The van der Waals surface area contributed by atoms with Crippen LogP contribution in [0.5, 0.6) is 0 Å². The van der Waals surface area contributed by atoms with Crippen LogP contribution >= 0.6 is 0 Å². The number of anilines is 2. The largest absolute Gasteiger partial charge is 0.344 e. The number of benzene rings is 1. The van der Waals surface area contributed by atoms with E-state index in [4.69, 9.17) is 0 Å².